The molecule has 0 amide bonds. The molecule has 0 bridgehead atoms. The van der Waals surface area contributed by atoms with Gasteiger partial charge in [-0.2, -0.15) is 8.78 Å². The van der Waals surface area contributed by atoms with E-state index < -0.39 is 34.6 Å². The molecule has 1 aliphatic rings. The maximum absolute atomic E-state index is 14.4. The van der Waals surface area contributed by atoms with E-state index in [9.17, 15) is 17.6 Å². The van der Waals surface area contributed by atoms with Crippen LogP contribution < -0.4 is 9.64 Å². The van der Waals surface area contributed by atoms with Crippen molar-refractivity contribution in [2.24, 2.45) is 0 Å². The van der Waals surface area contributed by atoms with Gasteiger partial charge in [0.2, 0.25) is 17.4 Å². The summed E-state index contributed by atoms with van der Waals surface area (Å²) >= 11 is 0. The summed E-state index contributed by atoms with van der Waals surface area (Å²) in [6, 6.07) is 6.48. The van der Waals surface area contributed by atoms with Crippen molar-refractivity contribution in [1.82, 2.24) is 0 Å². The maximum atomic E-state index is 14.4. The van der Waals surface area contributed by atoms with Gasteiger partial charge in [-0.3, -0.25) is 0 Å². The van der Waals surface area contributed by atoms with E-state index in [4.69, 9.17) is 9.47 Å². The first-order valence-electron chi connectivity index (χ1n) is 9.21. The molecule has 1 saturated heterocycles. The molecular formula is C21H22F4NO2+. The van der Waals surface area contributed by atoms with Crippen LogP contribution in [0.25, 0.3) is 6.08 Å². The Hall–Kier alpha value is -2.38. The fourth-order valence-corrected chi connectivity index (χ4v) is 3.02. The smallest absolute Gasteiger partial charge is 0.205 e. The molecule has 0 spiro atoms. The third kappa shape index (κ3) is 4.54. The number of aryl methyl sites for hydroxylation is 1. The Morgan fingerprint density at radius 3 is 2.36 bits per heavy atom. The molecule has 1 heterocycles. The van der Waals surface area contributed by atoms with Crippen molar-refractivity contribution in [2.45, 2.75) is 13.3 Å². The summed E-state index contributed by atoms with van der Waals surface area (Å²) in [4.78, 5) is 1.17. The molecule has 0 radical (unpaired) electrons. The van der Waals surface area contributed by atoms with Crippen LogP contribution in [0.3, 0.4) is 0 Å². The summed E-state index contributed by atoms with van der Waals surface area (Å²) in [5, 5.41) is 0. The van der Waals surface area contributed by atoms with E-state index in [1.807, 2.05) is 13.0 Å². The van der Waals surface area contributed by atoms with Gasteiger partial charge in [-0.15, -0.1) is 0 Å². The SMILES string of the molecule is CCc1cccc(Oc2c(F)c(F)c(/C=C/C[NH+]3CCOCC3)c(F)c2F)c1. The van der Waals surface area contributed by atoms with Crippen molar-refractivity contribution in [2.75, 3.05) is 32.8 Å². The van der Waals surface area contributed by atoms with Gasteiger partial charge in [-0.05, 0) is 36.3 Å². The molecule has 1 fully saturated rings. The lowest BCUT2D eigenvalue weighted by Crippen LogP contribution is -3.13. The van der Waals surface area contributed by atoms with Crippen molar-refractivity contribution < 1.29 is 31.9 Å². The van der Waals surface area contributed by atoms with Crippen LogP contribution in [0.5, 0.6) is 11.5 Å². The minimum atomic E-state index is -1.56. The van der Waals surface area contributed by atoms with E-state index in [0.717, 1.165) is 24.7 Å². The fourth-order valence-electron chi connectivity index (χ4n) is 3.02. The number of quaternary nitrogens is 1. The highest BCUT2D eigenvalue weighted by Crippen LogP contribution is 2.34. The summed E-state index contributed by atoms with van der Waals surface area (Å²) in [6.45, 7) is 5.14. The molecule has 150 valence electrons. The zero-order chi connectivity index (χ0) is 20.1. The van der Waals surface area contributed by atoms with Crippen LogP contribution in [0.15, 0.2) is 30.3 Å². The van der Waals surface area contributed by atoms with E-state index in [1.54, 1.807) is 12.1 Å². The zero-order valence-electron chi connectivity index (χ0n) is 15.5. The minimum absolute atomic E-state index is 0.107. The van der Waals surface area contributed by atoms with Crippen molar-refractivity contribution in [3.63, 3.8) is 0 Å². The number of benzene rings is 2. The van der Waals surface area contributed by atoms with Crippen LogP contribution in [0.4, 0.5) is 17.6 Å². The predicted molar refractivity (Wildman–Crippen MR) is 97.6 cm³/mol. The third-order valence-corrected chi connectivity index (χ3v) is 4.67. The van der Waals surface area contributed by atoms with Crippen LogP contribution in [-0.2, 0) is 11.2 Å². The Kier molecular flexibility index (Phi) is 6.70. The highest BCUT2D eigenvalue weighted by Gasteiger charge is 2.26. The summed E-state index contributed by atoms with van der Waals surface area (Å²) in [5.74, 6) is -7.05. The number of halogens is 4. The number of ether oxygens (including phenoxy) is 2. The van der Waals surface area contributed by atoms with Gasteiger partial charge in [0, 0.05) is 0 Å². The van der Waals surface area contributed by atoms with Gasteiger partial charge < -0.3 is 14.4 Å². The highest BCUT2D eigenvalue weighted by atomic mass is 19.2. The molecule has 2 aromatic rings. The van der Waals surface area contributed by atoms with Crippen LogP contribution in [-0.4, -0.2) is 32.8 Å². The van der Waals surface area contributed by atoms with E-state index in [2.05, 4.69) is 0 Å². The Labute approximate surface area is 161 Å². The monoisotopic (exact) mass is 396 g/mol. The van der Waals surface area contributed by atoms with Crippen LogP contribution in [0, 0.1) is 23.3 Å². The van der Waals surface area contributed by atoms with Gasteiger partial charge >= 0.3 is 0 Å². The molecule has 7 heteroatoms. The van der Waals surface area contributed by atoms with Crippen molar-refractivity contribution in [1.29, 1.82) is 0 Å². The Morgan fingerprint density at radius 2 is 1.71 bits per heavy atom. The average Bonchev–Trinajstić information content (AvgIpc) is 2.73. The molecule has 0 atom stereocenters. The Bertz CT molecular complexity index is 835. The van der Waals surface area contributed by atoms with Gasteiger partial charge in [-0.25, -0.2) is 8.78 Å². The molecule has 1 aliphatic heterocycles. The molecule has 0 aliphatic carbocycles. The molecule has 1 N–H and O–H groups in total. The van der Waals surface area contributed by atoms with Crippen LogP contribution in [0.1, 0.15) is 18.1 Å². The van der Waals surface area contributed by atoms with Gasteiger partial charge in [0.05, 0.1) is 25.3 Å². The summed E-state index contributed by atoms with van der Waals surface area (Å²) in [7, 11) is 0. The summed E-state index contributed by atoms with van der Waals surface area (Å²) < 4.78 is 67.9. The van der Waals surface area contributed by atoms with Crippen molar-refractivity contribution in [3.05, 3.63) is 64.7 Å². The fraction of sp³-hybridized carbons (Fsp3) is 0.333. The summed E-state index contributed by atoms with van der Waals surface area (Å²) in [5.41, 5.74) is 0.113. The third-order valence-electron chi connectivity index (χ3n) is 4.67. The largest absolute Gasteiger partial charge is 0.451 e. The molecule has 0 unspecified atom stereocenters. The number of rotatable bonds is 6. The zero-order valence-corrected chi connectivity index (χ0v) is 15.5. The quantitative estimate of drug-likeness (QED) is 0.597. The normalized spacial score (nSPS) is 15.3. The molecule has 0 saturated carbocycles. The Morgan fingerprint density at radius 1 is 1.04 bits per heavy atom. The Balaban J connectivity index is 1.84. The highest BCUT2D eigenvalue weighted by molar-refractivity contribution is 5.54. The second kappa shape index (κ2) is 9.21. The molecular weight excluding hydrogens is 374 g/mol. The van der Waals surface area contributed by atoms with Gasteiger partial charge in [0.1, 0.15) is 18.8 Å². The first-order valence-corrected chi connectivity index (χ1v) is 9.21. The maximum Gasteiger partial charge on any atom is 0.205 e. The number of morpholine rings is 1. The van der Waals surface area contributed by atoms with Crippen LogP contribution in [0.2, 0.25) is 0 Å². The molecule has 3 nitrogen and oxygen atoms in total. The van der Waals surface area contributed by atoms with E-state index in [-0.39, 0.29) is 5.75 Å². The second-order valence-corrected chi connectivity index (χ2v) is 6.57. The molecule has 2 aromatic carbocycles. The number of hydrogen-bond acceptors (Lipinski definition) is 2. The second-order valence-electron chi connectivity index (χ2n) is 6.57. The van der Waals surface area contributed by atoms with Crippen LogP contribution >= 0.6 is 0 Å². The van der Waals surface area contributed by atoms with E-state index in [1.165, 1.54) is 17.0 Å². The van der Waals surface area contributed by atoms with Gasteiger partial charge in [0.25, 0.3) is 0 Å². The first-order chi connectivity index (χ1) is 13.5. The summed E-state index contributed by atoms with van der Waals surface area (Å²) in [6.07, 6.45) is 3.26. The average molecular weight is 396 g/mol. The van der Waals surface area contributed by atoms with E-state index in [0.29, 0.717) is 26.2 Å². The lowest BCUT2D eigenvalue weighted by Gasteiger charge is -2.22. The number of hydrogen-bond donors (Lipinski definition) is 1. The van der Waals surface area contributed by atoms with Gasteiger partial charge in [0.15, 0.2) is 11.6 Å². The van der Waals surface area contributed by atoms with Gasteiger partial charge in [-0.1, -0.05) is 19.1 Å². The molecule has 3 rings (SSSR count). The topological polar surface area (TPSA) is 22.9 Å². The molecule has 0 aromatic heterocycles. The first kappa shape index (κ1) is 20.4. The van der Waals surface area contributed by atoms with Crippen molar-refractivity contribution in [3.8, 4) is 11.5 Å². The lowest BCUT2D eigenvalue weighted by molar-refractivity contribution is -0.902. The van der Waals surface area contributed by atoms with Crippen molar-refractivity contribution >= 4 is 6.08 Å². The minimum Gasteiger partial charge on any atom is -0.451 e. The predicted octanol–water partition coefficient (Wildman–Crippen LogP) is 3.53. The lowest BCUT2D eigenvalue weighted by atomic mass is 10.1. The molecule has 28 heavy (non-hydrogen) atoms. The van der Waals surface area contributed by atoms with E-state index >= 15 is 0 Å². The standard InChI is InChI=1S/C21H21F4NO2/c1-2-14-5-3-6-15(13-14)28-21-19(24)17(22)16(18(23)20(21)25)7-4-8-26-9-11-27-12-10-26/h3-7,13H,2,8-12H2,1H3/p+1/b7-4+. The number of nitrogens with one attached hydrogen (secondary N) is 1.